The van der Waals surface area contributed by atoms with Crippen molar-refractivity contribution in [2.45, 2.75) is 0 Å². The van der Waals surface area contributed by atoms with Crippen molar-refractivity contribution in [1.29, 1.82) is 0 Å². The number of fused-ring (bicyclic) bond motifs is 1. The predicted octanol–water partition coefficient (Wildman–Crippen LogP) is 11.3. The lowest BCUT2D eigenvalue weighted by molar-refractivity contribution is 1.30. The minimum atomic E-state index is 1.12. The first-order chi connectivity index (χ1) is 20.3. The molecular weight excluding hydrogens is 494 g/mol. The zero-order chi connectivity index (χ0) is 27.4. The summed E-state index contributed by atoms with van der Waals surface area (Å²) in [5.41, 5.74) is 10.6. The third-order valence-corrected chi connectivity index (χ3v) is 7.65. The van der Waals surface area contributed by atoms with Gasteiger partial charge in [0.1, 0.15) is 0 Å². The average Bonchev–Trinajstić information content (AvgIpc) is 3.07. The van der Waals surface area contributed by atoms with Crippen LogP contribution >= 0.6 is 0 Å². The Balaban J connectivity index is 1.41. The summed E-state index contributed by atoms with van der Waals surface area (Å²) in [6.45, 7) is 0. The summed E-state index contributed by atoms with van der Waals surface area (Å²) in [6, 6.07) is 62.9. The molecule has 1 nitrogen and oxygen atoms in total. The Morgan fingerprint density at radius 3 is 1.17 bits per heavy atom. The molecule has 0 heterocycles. The third-order valence-electron chi connectivity index (χ3n) is 7.65. The van der Waals surface area contributed by atoms with Gasteiger partial charge in [0.05, 0.1) is 5.69 Å². The Morgan fingerprint density at radius 2 is 0.683 bits per heavy atom. The van der Waals surface area contributed by atoms with Crippen molar-refractivity contribution in [3.8, 4) is 33.4 Å². The fraction of sp³-hybridized carbons (Fsp3) is 0. The highest BCUT2D eigenvalue weighted by atomic mass is 15.1. The van der Waals surface area contributed by atoms with Gasteiger partial charge < -0.3 is 4.90 Å². The van der Waals surface area contributed by atoms with E-state index < -0.39 is 0 Å². The second-order valence-corrected chi connectivity index (χ2v) is 10.2. The molecule has 0 saturated heterocycles. The van der Waals surface area contributed by atoms with Crippen LogP contribution in [-0.2, 0) is 0 Å². The maximum absolute atomic E-state index is 2.39. The molecule has 41 heavy (non-hydrogen) atoms. The lowest BCUT2D eigenvalue weighted by Crippen LogP contribution is -2.10. The summed E-state index contributed by atoms with van der Waals surface area (Å²) in [6.07, 6.45) is 0. The van der Waals surface area contributed by atoms with Crippen molar-refractivity contribution >= 4 is 27.8 Å². The van der Waals surface area contributed by atoms with Gasteiger partial charge in [-0.2, -0.15) is 0 Å². The van der Waals surface area contributed by atoms with Gasteiger partial charge in [-0.05, 0) is 75.2 Å². The highest BCUT2D eigenvalue weighted by Crippen LogP contribution is 2.42. The monoisotopic (exact) mass is 523 g/mol. The molecular formula is C40H29N. The summed E-state index contributed by atoms with van der Waals surface area (Å²) in [5.74, 6) is 0. The fourth-order valence-electron chi connectivity index (χ4n) is 5.57. The van der Waals surface area contributed by atoms with E-state index in [1.807, 2.05) is 0 Å². The van der Waals surface area contributed by atoms with Gasteiger partial charge in [-0.3, -0.25) is 0 Å². The van der Waals surface area contributed by atoms with Crippen molar-refractivity contribution in [3.63, 3.8) is 0 Å². The second-order valence-electron chi connectivity index (χ2n) is 10.2. The number of nitrogens with zero attached hydrogens (tertiary/aromatic N) is 1. The molecule has 0 fully saturated rings. The standard InChI is InChI=1S/C40H29N/c1-4-12-30(13-5-1)33-20-24-37(25-21-33)41(38-26-22-34(23-27-38)31-14-6-2-7-15-31)40-29-36(32-16-8-3-9-17-32)28-35-18-10-11-19-39(35)40/h1-29H. The average molecular weight is 524 g/mol. The Bertz CT molecular complexity index is 1810. The number of anilines is 3. The van der Waals surface area contributed by atoms with Crippen LogP contribution in [0.15, 0.2) is 176 Å². The van der Waals surface area contributed by atoms with Crippen LogP contribution in [0.5, 0.6) is 0 Å². The Labute approximate surface area is 241 Å². The maximum atomic E-state index is 2.39. The van der Waals surface area contributed by atoms with E-state index in [2.05, 4.69) is 181 Å². The van der Waals surface area contributed by atoms with E-state index in [9.17, 15) is 0 Å². The van der Waals surface area contributed by atoms with E-state index >= 15 is 0 Å². The minimum absolute atomic E-state index is 1.12. The minimum Gasteiger partial charge on any atom is -0.310 e. The van der Waals surface area contributed by atoms with Crippen molar-refractivity contribution in [2.75, 3.05) is 4.90 Å². The lowest BCUT2D eigenvalue weighted by Gasteiger charge is -2.28. The van der Waals surface area contributed by atoms with Crippen molar-refractivity contribution in [3.05, 3.63) is 176 Å². The van der Waals surface area contributed by atoms with E-state index in [0.717, 1.165) is 17.1 Å². The molecule has 0 N–H and O–H groups in total. The van der Waals surface area contributed by atoms with Gasteiger partial charge in [0, 0.05) is 16.8 Å². The molecule has 0 amide bonds. The first-order valence-electron chi connectivity index (χ1n) is 14.0. The normalized spacial score (nSPS) is 10.9. The maximum Gasteiger partial charge on any atom is 0.0546 e. The Hall–Kier alpha value is -5.40. The van der Waals surface area contributed by atoms with Crippen LogP contribution in [0.3, 0.4) is 0 Å². The quantitative estimate of drug-likeness (QED) is 0.209. The molecule has 0 aliphatic heterocycles. The van der Waals surface area contributed by atoms with Crippen LogP contribution in [0.25, 0.3) is 44.2 Å². The molecule has 0 bridgehead atoms. The van der Waals surface area contributed by atoms with E-state index in [-0.39, 0.29) is 0 Å². The van der Waals surface area contributed by atoms with Crippen LogP contribution in [-0.4, -0.2) is 0 Å². The van der Waals surface area contributed by atoms with Crippen molar-refractivity contribution in [1.82, 2.24) is 0 Å². The molecule has 0 spiro atoms. The number of hydrogen-bond donors (Lipinski definition) is 0. The van der Waals surface area contributed by atoms with Gasteiger partial charge in [-0.25, -0.2) is 0 Å². The molecule has 0 atom stereocenters. The van der Waals surface area contributed by atoms with E-state index in [0.29, 0.717) is 0 Å². The molecule has 0 radical (unpaired) electrons. The van der Waals surface area contributed by atoms with Crippen LogP contribution in [0.1, 0.15) is 0 Å². The van der Waals surface area contributed by atoms with E-state index in [1.165, 1.54) is 44.2 Å². The van der Waals surface area contributed by atoms with Gasteiger partial charge in [0.2, 0.25) is 0 Å². The Morgan fingerprint density at radius 1 is 0.293 bits per heavy atom. The molecule has 1 heteroatoms. The van der Waals surface area contributed by atoms with E-state index in [4.69, 9.17) is 0 Å². The summed E-state index contributed by atoms with van der Waals surface area (Å²) >= 11 is 0. The first kappa shape index (κ1) is 24.6. The molecule has 7 rings (SSSR count). The summed E-state index contributed by atoms with van der Waals surface area (Å²) < 4.78 is 0. The Kier molecular flexibility index (Phi) is 6.61. The van der Waals surface area contributed by atoms with E-state index in [1.54, 1.807) is 0 Å². The molecule has 0 aliphatic carbocycles. The van der Waals surface area contributed by atoms with Crippen molar-refractivity contribution in [2.24, 2.45) is 0 Å². The molecule has 0 aliphatic rings. The SMILES string of the molecule is c1ccc(-c2ccc(N(c3ccc(-c4ccccc4)cc3)c3cc(-c4ccccc4)cc4ccccc34)cc2)cc1. The predicted molar refractivity (Wildman–Crippen MR) is 175 cm³/mol. The van der Waals surface area contributed by atoms with Gasteiger partial charge in [-0.1, -0.05) is 140 Å². The van der Waals surface area contributed by atoms with Crippen LogP contribution in [0, 0.1) is 0 Å². The first-order valence-corrected chi connectivity index (χ1v) is 14.0. The summed E-state index contributed by atoms with van der Waals surface area (Å²) in [5, 5.41) is 2.43. The number of rotatable bonds is 6. The van der Waals surface area contributed by atoms with Crippen molar-refractivity contribution < 1.29 is 0 Å². The molecule has 7 aromatic carbocycles. The van der Waals surface area contributed by atoms with Gasteiger partial charge in [-0.15, -0.1) is 0 Å². The molecule has 194 valence electrons. The largest absolute Gasteiger partial charge is 0.310 e. The smallest absolute Gasteiger partial charge is 0.0546 e. The highest BCUT2D eigenvalue weighted by Gasteiger charge is 2.17. The fourth-order valence-corrected chi connectivity index (χ4v) is 5.57. The summed E-state index contributed by atoms with van der Waals surface area (Å²) in [4.78, 5) is 2.39. The topological polar surface area (TPSA) is 3.24 Å². The number of hydrogen-bond acceptors (Lipinski definition) is 1. The number of benzene rings is 7. The zero-order valence-corrected chi connectivity index (χ0v) is 22.7. The second kappa shape index (κ2) is 11.0. The van der Waals surface area contributed by atoms with Gasteiger partial charge in [0.25, 0.3) is 0 Å². The lowest BCUT2D eigenvalue weighted by atomic mass is 9.98. The molecule has 0 saturated carbocycles. The van der Waals surface area contributed by atoms with Gasteiger partial charge in [0.15, 0.2) is 0 Å². The molecule has 0 unspecified atom stereocenters. The zero-order valence-electron chi connectivity index (χ0n) is 22.7. The summed E-state index contributed by atoms with van der Waals surface area (Å²) in [7, 11) is 0. The van der Waals surface area contributed by atoms with Crippen LogP contribution < -0.4 is 4.90 Å². The van der Waals surface area contributed by atoms with Crippen LogP contribution in [0.4, 0.5) is 17.1 Å². The molecule has 0 aromatic heterocycles. The third kappa shape index (κ3) is 5.02. The highest BCUT2D eigenvalue weighted by molar-refractivity contribution is 6.02. The molecule has 7 aromatic rings. The van der Waals surface area contributed by atoms with Crippen LogP contribution in [0.2, 0.25) is 0 Å². The van der Waals surface area contributed by atoms with Gasteiger partial charge >= 0.3 is 0 Å².